The molecule has 1 aliphatic carbocycles. The second-order valence-electron chi connectivity index (χ2n) is 4.59. The summed E-state index contributed by atoms with van der Waals surface area (Å²) < 4.78 is 24.0. The number of phenolic OH excluding ortho intramolecular Hbond substituents is 1. The number of methoxy groups -OCH3 is 1. The van der Waals surface area contributed by atoms with Crippen LogP contribution < -0.4 is 0 Å². The molecule has 1 heterocycles. The summed E-state index contributed by atoms with van der Waals surface area (Å²) in [7, 11) is 1.58. The van der Waals surface area contributed by atoms with Crippen LogP contribution in [0, 0.1) is 11.7 Å². The van der Waals surface area contributed by atoms with E-state index in [1.54, 1.807) is 7.11 Å². The Morgan fingerprint density at radius 1 is 1.47 bits per heavy atom. The molecule has 0 radical (unpaired) electrons. The SMILES string of the molecule is COC(c1noc(-c2c(O)cccc2F)n1)C1CC1. The molecule has 5 nitrogen and oxygen atoms in total. The number of phenols is 1. The molecule has 100 valence electrons. The predicted octanol–water partition coefficient (Wildman–Crippen LogP) is 2.68. The summed E-state index contributed by atoms with van der Waals surface area (Å²) in [5.74, 6) is -0.0770. The second-order valence-corrected chi connectivity index (χ2v) is 4.59. The van der Waals surface area contributed by atoms with Gasteiger partial charge in [0.25, 0.3) is 5.89 Å². The first-order valence-electron chi connectivity index (χ1n) is 6.05. The van der Waals surface area contributed by atoms with Crippen molar-refractivity contribution in [3.8, 4) is 17.2 Å². The molecule has 0 bridgehead atoms. The number of aromatic nitrogens is 2. The van der Waals surface area contributed by atoms with Crippen molar-refractivity contribution in [2.45, 2.75) is 18.9 Å². The normalized spacial score (nSPS) is 16.5. The van der Waals surface area contributed by atoms with Crippen molar-refractivity contribution in [1.82, 2.24) is 10.1 Å². The van der Waals surface area contributed by atoms with Crippen LogP contribution in [0.3, 0.4) is 0 Å². The number of ether oxygens (including phenoxy) is 1. The lowest BCUT2D eigenvalue weighted by Gasteiger charge is -2.08. The summed E-state index contributed by atoms with van der Waals surface area (Å²) in [4.78, 5) is 4.13. The fourth-order valence-corrected chi connectivity index (χ4v) is 2.08. The minimum absolute atomic E-state index is 0.0340. The molecule has 1 aromatic heterocycles. The maximum absolute atomic E-state index is 13.7. The average Bonchev–Trinajstić information content (AvgIpc) is 3.10. The van der Waals surface area contributed by atoms with Crippen LogP contribution in [-0.2, 0) is 4.74 Å². The fourth-order valence-electron chi connectivity index (χ4n) is 2.08. The van der Waals surface area contributed by atoms with Crippen LogP contribution in [0.1, 0.15) is 24.8 Å². The van der Waals surface area contributed by atoms with E-state index in [4.69, 9.17) is 9.26 Å². The molecule has 1 fully saturated rings. The molecule has 2 aromatic rings. The quantitative estimate of drug-likeness (QED) is 0.919. The van der Waals surface area contributed by atoms with E-state index in [-0.39, 0.29) is 23.3 Å². The molecule has 3 rings (SSSR count). The predicted molar refractivity (Wildman–Crippen MR) is 63.8 cm³/mol. The third-order valence-electron chi connectivity index (χ3n) is 3.21. The van der Waals surface area contributed by atoms with E-state index in [1.165, 1.54) is 18.2 Å². The lowest BCUT2D eigenvalue weighted by molar-refractivity contribution is 0.0751. The Bertz CT molecular complexity index is 575. The van der Waals surface area contributed by atoms with E-state index in [9.17, 15) is 9.50 Å². The zero-order valence-corrected chi connectivity index (χ0v) is 10.3. The Balaban J connectivity index is 1.96. The average molecular weight is 264 g/mol. The zero-order valence-electron chi connectivity index (χ0n) is 10.3. The molecule has 1 N–H and O–H groups in total. The summed E-state index contributed by atoms with van der Waals surface area (Å²) in [6.45, 7) is 0. The van der Waals surface area contributed by atoms with Crippen LogP contribution >= 0.6 is 0 Å². The Kier molecular flexibility index (Phi) is 2.94. The molecule has 1 aliphatic rings. The first kappa shape index (κ1) is 12.1. The molecule has 1 aromatic carbocycles. The first-order valence-corrected chi connectivity index (χ1v) is 6.05. The highest BCUT2D eigenvalue weighted by Crippen LogP contribution is 2.42. The van der Waals surface area contributed by atoms with Gasteiger partial charge in [-0.25, -0.2) is 4.39 Å². The van der Waals surface area contributed by atoms with Crippen molar-refractivity contribution in [3.05, 3.63) is 29.8 Å². The number of hydrogen-bond acceptors (Lipinski definition) is 5. The van der Waals surface area contributed by atoms with E-state index >= 15 is 0 Å². The molecular weight excluding hydrogens is 251 g/mol. The van der Waals surface area contributed by atoms with Crippen molar-refractivity contribution in [3.63, 3.8) is 0 Å². The van der Waals surface area contributed by atoms with Crippen LogP contribution in [0.25, 0.3) is 11.5 Å². The van der Waals surface area contributed by atoms with Crippen LogP contribution in [0.2, 0.25) is 0 Å². The molecule has 6 heteroatoms. The molecule has 1 atom stereocenters. The minimum Gasteiger partial charge on any atom is -0.507 e. The standard InChI is InChI=1S/C13H13FN2O3/c1-18-11(7-5-6-7)12-15-13(19-16-12)10-8(14)3-2-4-9(10)17/h2-4,7,11,17H,5-6H2,1H3. The van der Waals surface area contributed by atoms with Crippen molar-refractivity contribution < 1.29 is 18.8 Å². The van der Waals surface area contributed by atoms with Gasteiger partial charge in [-0.1, -0.05) is 11.2 Å². The third kappa shape index (κ3) is 2.19. The highest BCUT2D eigenvalue weighted by Gasteiger charge is 2.36. The highest BCUT2D eigenvalue weighted by atomic mass is 19.1. The van der Waals surface area contributed by atoms with Crippen molar-refractivity contribution in [2.24, 2.45) is 5.92 Å². The largest absolute Gasteiger partial charge is 0.507 e. The number of hydrogen-bond donors (Lipinski definition) is 1. The first-order chi connectivity index (χ1) is 9.20. The Hall–Kier alpha value is -1.95. The molecule has 0 saturated heterocycles. The van der Waals surface area contributed by atoms with Gasteiger partial charge in [0, 0.05) is 7.11 Å². The maximum Gasteiger partial charge on any atom is 0.264 e. The minimum atomic E-state index is -0.601. The van der Waals surface area contributed by atoms with E-state index < -0.39 is 5.82 Å². The van der Waals surface area contributed by atoms with Crippen molar-refractivity contribution in [2.75, 3.05) is 7.11 Å². The fraction of sp³-hybridized carbons (Fsp3) is 0.385. The number of aromatic hydroxyl groups is 1. The van der Waals surface area contributed by atoms with Gasteiger partial charge in [-0.05, 0) is 30.9 Å². The number of nitrogens with zero attached hydrogens (tertiary/aromatic N) is 2. The van der Waals surface area contributed by atoms with Gasteiger partial charge in [-0.15, -0.1) is 0 Å². The molecule has 1 saturated carbocycles. The van der Waals surface area contributed by atoms with Crippen LogP contribution in [-0.4, -0.2) is 22.4 Å². The van der Waals surface area contributed by atoms with E-state index in [0.29, 0.717) is 11.7 Å². The van der Waals surface area contributed by atoms with Gasteiger partial charge in [0.1, 0.15) is 23.2 Å². The van der Waals surface area contributed by atoms with Gasteiger partial charge in [0.05, 0.1) is 0 Å². The number of halogens is 1. The molecule has 0 aliphatic heterocycles. The van der Waals surface area contributed by atoms with Gasteiger partial charge in [-0.2, -0.15) is 4.98 Å². The van der Waals surface area contributed by atoms with Crippen LogP contribution in [0.4, 0.5) is 4.39 Å². The van der Waals surface area contributed by atoms with Crippen molar-refractivity contribution >= 4 is 0 Å². The summed E-state index contributed by atoms with van der Waals surface area (Å²) >= 11 is 0. The van der Waals surface area contributed by atoms with E-state index in [0.717, 1.165) is 12.8 Å². The number of rotatable bonds is 4. The lowest BCUT2D eigenvalue weighted by atomic mass is 10.2. The smallest absolute Gasteiger partial charge is 0.264 e. The lowest BCUT2D eigenvalue weighted by Crippen LogP contribution is -2.05. The molecule has 0 spiro atoms. The highest BCUT2D eigenvalue weighted by molar-refractivity contribution is 5.62. The summed E-state index contributed by atoms with van der Waals surface area (Å²) in [6.07, 6.45) is 1.90. The van der Waals surface area contributed by atoms with Gasteiger partial charge in [0.2, 0.25) is 5.82 Å². The molecular formula is C13H13FN2O3. The summed E-state index contributed by atoms with van der Waals surface area (Å²) in [6, 6.07) is 4.01. The molecule has 1 unspecified atom stereocenters. The maximum atomic E-state index is 13.7. The number of benzene rings is 1. The van der Waals surface area contributed by atoms with Crippen LogP contribution in [0.5, 0.6) is 5.75 Å². The second kappa shape index (κ2) is 4.62. The Morgan fingerprint density at radius 3 is 2.89 bits per heavy atom. The van der Waals surface area contributed by atoms with Crippen molar-refractivity contribution in [1.29, 1.82) is 0 Å². The Morgan fingerprint density at radius 2 is 2.26 bits per heavy atom. The summed E-state index contributed by atoms with van der Waals surface area (Å²) in [5, 5.41) is 13.5. The Labute approximate surface area is 109 Å². The van der Waals surface area contributed by atoms with Gasteiger partial charge in [-0.3, -0.25) is 0 Å². The van der Waals surface area contributed by atoms with E-state index in [1.807, 2.05) is 0 Å². The topological polar surface area (TPSA) is 68.4 Å². The van der Waals surface area contributed by atoms with Gasteiger partial charge >= 0.3 is 0 Å². The van der Waals surface area contributed by atoms with Gasteiger partial charge in [0.15, 0.2) is 0 Å². The molecule has 0 amide bonds. The van der Waals surface area contributed by atoms with Gasteiger partial charge < -0.3 is 14.4 Å². The van der Waals surface area contributed by atoms with Crippen LogP contribution in [0.15, 0.2) is 22.7 Å². The zero-order chi connectivity index (χ0) is 13.4. The third-order valence-corrected chi connectivity index (χ3v) is 3.21. The molecule has 19 heavy (non-hydrogen) atoms. The van der Waals surface area contributed by atoms with E-state index in [2.05, 4.69) is 10.1 Å². The summed E-state index contributed by atoms with van der Waals surface area (Å²) in [5.41, 5.74) is -0.0769. The monoisotopic (exact) mass is 264 g/mol.